The van der Waals surface area contributed by atoms with E-state index in [9.17, 15) is 13.2 Å². The van der Waals surface area contributed by atoms with Crippen LogP contribution in [0.4, 0.5) is 19.0 Å². The number of pyridine rings is 1. The van der Waals surface area contributed by atoms with Crippen LogP contribution < -0.4 is 5.32 Å². The maximum Gasteiger partial charge on any atom is 0.416 e. The van der Waals surface area contributed by atoms with Crippen molar-refractivity contribution in [3.8, 4) is 0 Å². The second kappa shape index (κ2) is 6.27. The predicted molar refractivity (Wildman–Crippen MR) is 66.8 cm³/mol. The van der Waals surface area contributed by atoms with Gasteiger partial charge in [0.25, 0.3) is 0 Å². The second-order valence-electron chi connectivity index (χ2n) is 4.52. The highest BCUT2D eigenvalue weighted by Gasteiger charge is 2.31. The highest BCUT2D eigenvalue weighted by Crippen LogP contribution is 2.31. The van der Waals surface area contributed by atoms with E-state index >= 15 is 0 Å². The Hall–Kier alpha value is -0.970. The van der Waals surface area contributed by atoms with E-state index < -0.39 is 11.7 Å². The van der Waals surface area contributed by atoms with Crippen LogP contribution in [0.1, 0.15) is 32.3 Å². The molecule has 1 rings (SSSR count). The Bertz CT molecular complexity index is 391. The summed E-state index contributed by atoms with van der Waals surface area (Å²) in [7, 11) is 0. The van der Waals surface area contributed by atoms with Crippen molar-refractivity contribution in [1.29, 1.82) is 0 Å². The minimum absolute atomic E-state index is 0.156. The number of aromatic nitrogens is 1. The molecule has 0 spiro atoms. The third-order valence-electron chi connectivity index (χ3n) is 2.39. The van der Waals surface area contributed by atoms with E-state index in [1.807, 2.05) is 0 Å². The van der Waals surface area contributed by atoms with E-state index in [-0.39, 0.29) is 11.0 Å². The highest BCUT2D eigenvalue weighted by atomic mass is 35.5. The Labute approximate surface area is 110 Å². The number of hydrogen-bond donors (Lipinski definition) is 1. The standard InChI is InChI=1S/C12H16ClF3N2/c1-8(2)4-3-5-17-11-7-9(12(14,15)16)6-10(13)18-11/h6-8H,3-5H2,1-2H3,(H,17,18). The monoisotopic (exact) mass is 280 g/mol. The van der Waals surface area contributed by atoms with Crippen LogP contribution in [0.2, 0.25) is 5.15 Å². The molecule has 1 heterocycles. The van der Waals surface area contributed by atoms with Gasteiger partial charge < -0.3 is 5.32 Å². The number of anilines is 1. The third kappa shape index (κ3) is 5.12. The first kappa shape index (κ1) is 15.1. The summed E-state index contributed by atoms with van der Waals surface area (Å²) in [6.07, 6.45) is -2.51. The Morgan fingerprint density at radius 3 is 2.56 bits per heavy atom. The molecule has 18 heavy (non-hydrogen) atoms. The van der Waals surface area contributed by atoms with Gasteiger partial charge in [0.15, 0.2) is 0 Å². The van der Waals surface area contributed by atoms with E-state index in [4.69, 9.17) is 11.6 Å². The van der Waals surface area contributed by atoms with Gasteiger partial charge >= 0.3 is 6.18 Å². The van der Waals surface area contributed by atoms with Crippen molar-refractivity contribution in [3.63, 3.8) is 0 Å². The molecule has 1 aromatic heterocycles. The molecule has 0 saturated heterocycles. The normalized spacial score (nSPS) is 11.9. The summed E-state index contributed by atoms with van der Waals surface area (Å²) in [5.74, 6) is 0.739. The molecule has 102 valence electrons. The van der Waals surface area contributed by atoms with Crippen LogP contribution in [0.3, 0.4) is 0 Å². The fourth-order valence-corrected chi connectivity index (χ4v) is 1.69. The van der Waals surface area contributed by atoms with Crippen LogP contribution in [0, 0.1) is 5.92 Å². The summed E-state index contributed by atoms with van der Waals surface area (Å²) in [5.41, 5.74) is -0.783. The molecule has 0 aliphatic rings. The van der Waals surface area contributed by atoms with Crippen molar-refractivity contribution >= 4 is 17.4 Å². The Kier molecular flexibility index (Phi) is 5.26. The fourth-order valence-electron chi connectivity index (χ4n) is 1.48. The van der Waals surface area contributed by atoms with Gasteiger partial charge in [0.2, 0.25) is 0 Å². The van der Waals surface area contributed by atoms with Crippen molar-refractivity contribution in [2.45, 2.75) is 32.9 Å². The van der Waals surface area contributed by atoms with E-state index in [1.54, 1.807) is 0 Å². The molecule has 0 bridgehead atoms. The predicted octanol–water partition coefficient (Wildman–Crippen LogP) is 4.60. The molecule has 1 aromatic rings. The van der Waals surface area contributed by atoms with Gasteiger partial charge in [0, 0.05) is 6.54 Å². The molecule has 1 N–H and O–H groups in total. The minimum Gasteiger partial charge on any atom is -0.370 e. The van der Waals surface area contributed by atoms with Gasteiger partial charge in [0.05, 0.1) is 5.56 Å². The van der Waals surface area contributed by atoms with Crippen LogP contribution >= 0.6 is 11.6 Å². The number of nitrogens with one attached hydrogen (secondary N) is 1. The maximum atomic E-state index is 12.5. The van der Waals surface area contributed by atoms with Gasteiger partial charge in [-0.1, -0.05) is 25.4 Å². The fraction of sp³-hybridized carbons (Fsp3) is 0.583. The van der Waals surface area contributed by atoms with Crippen molar-refractivity contribution in [2.75, 3.05) is 11.9 Å². The van der Waals surface area contributed by atoms with Crippen LogP contribution in [0.15, 0.2) is 12.1 Å². The van der Waals surface area contributed by atoms with Gasteiger partial charge in [-0.2, -0.15) is 13.2 Å². The van der Waals surface area contributed by atoms with Crippen molar-refractivity contribution in [1.82, 2.24) is 4.98 Å². The largest absolute Gasteiger partial charge is 0.416 e. The summed E-state index contributed by atoms with van der Waals surface area (Å²) < 4.78 is 37.6. The first-order valence-corrected chi connectivity index (χ1v) is 6.15. The zero-order valence-electron chi connectivity index (χ0n) is 10.3. The zero-order chi connectivity index (χ0) is 13.8. The van der Waals surface area contributed by atoms with Crippen molar-refractivity contribution in [2.24, 2.45) is 5.92 Å². The SMILES string of the molecule is CC(C)CCCNc1cc(C(F)(F)F)cc(Cl)n1. The number of hydrogen-bond acceptors (Lipinski definition) is 2. The first-order valence-electron chi connectivity index (χ1n) is 5.77. The Morgan fingerprint density at radius 2 is 2.00 bits per heavy atom. The molecule has 0 aliphatic carbocycles. The lowest BCUT2D eigenvalue weighted by Gasteiger charge is -2.11. The zero-order valence-corrected chi connectivity index (χ0v) is 11.1. The summed E-state index contributed by atoms with van der Waals surface area (Å²) in [6.45, 7) is 4.78. The van der Waals surface area contributed by atoms with E-state index in [0.29, 0.717) is 12.5 Å². The summed E-state index contributed by atoms with van der Waals surface area (Å²) >= 11 is 5.57. The molecule has 0 fully saturated rings. The molecule has 2 nitrogen and oxygen atoms in total. The summed E-state index contributed by atoms with van der Waals surface area (Å²) in [5, 5.41) is 2.70. The molecule has 0 saturated carbocycles. The van der Waals surface area contributed by atoms with Crippen LogP contribution in [-0.4, -0.2) is 11.5 Å². The highest BCUT2D eigenvalue weighted by molar-refractivity contribution is 6.29. The maximum absolute atomic E-state index is 12.5. The minimum atomic E-state index is -4.40. The number of halogens is 4. The number of nitrogens with zero attached hydrogens (tertiary/aromatic N) is 1. The molecule has 0 aliphatic heterocycles. The second-order valence-corrected chi connectivity index (χ2v) is 4.91. The summed E-state index contributed by atoms with van der Waals surface area (Å²) in [4.78, 5) is 3.82. The van der Waals surface area contributed by atoms with Gasteiger partial charge in [-0.05, 0) is 30.9 Å². The third-order valence-corrected chi connectivity index (χ3v) is 2.58. The van der Waals surface area contributed by atoms with Crippen LogP contribution in [0.25, 0.3) is 0 Å². The molecule has 6 heteroatoms. The molecule has 0 aromatic carbocycles. The Morgan fingerprint density at radius 1 is 1.33 bits per heavy atom. The first-order chi connectivity index (χ1) is 8.29. The van der Waals surface area contributed by atoms with Crippen molar-refractivity contribution in [3.05, 3.63) is 22.8 Å². The molecular formula is C12H16ClF3N2. The van der Waals surface area contributed by atoms with Gasteiger partial charge in [-0.3, -0.25) is 0 Å². The van der Waals surface area contributed by atoms with E-state index in [2.05, 4.69) is 24.1 Å². The average molecular weight is 281 g/mol. The topological polar surface area (TPSA) is 24.9 Å². The van der Waals surface area contributed by atoms with Gasteiger partial charge in [-0.15, -0.1) is 0 Å². The molecule has 0 atom stereocenters. The number of alkyl halides is 3. The van der Waals surface area contributed by atoms with E-state index in [0.717, 1.165) is 25.0 Å². The van der Waals surface area contributed by atoms with Crippen molar-refractivity contribution < 1.29 is 13.2 Å². The Balaban J connectivity index is 2.63. The van der Waals surface area contributed by atoms with Gasteiger partial charge in [-0.25, -0.2) is 4.98 Å². The molecular weight excluding hydrogens is 265 g/mol. The van der Waals surface area contributed by atoms with Crippen LogP contribution in [-0.2, 0) is 6.18 Å². The van der Waals surface area contributed by atoms with Crippen LogP contribution in [0.5, 0.6) is 0 Å². The quantitative estimate of drug-likeness (QED) is 0.630. The molecule has 0 amide bonds. The average Bonchev–Trinajstić information content (AvgIpc) is 2.22. The number of rotatable bonds is 5. The summed E-state index contributed by atoms with van der Waals surface area (Å²) in [6, 6.07) is 1.79. The van der Waals surface area contributed by atoms with E-state index in [1.165, 1.54) is 0 Å². The van der Waals surface area contributed by atoms with Gasteiger partial charge in [0.1, 0.15) is 11.0 Å². The molecule has 0 radical (unpaired) electrons. The smallest absolute Gasteiger partial charge is 0.370 e. The lowest BCUT2D eigenvalue weighted by molar-refractivity contribution is -0.137. The lowest BCUT2D eigenvalue weighted by Crippen LogP contribution is -2.09. The lowest BCUT2D eigenvalue weighted by atomic mass is 10.1. The molecule has 0 unspecified atom stereocenters.